The topological polar surface area (TPSA) is 108 Å². The summed E-state index contributed by atoms with van der Waals surface area (Å²) in [6.45, 7) is 4.33. The fourth-order valence-corrected chi connectivity index (χ4v) is 3.46. The van der Waals surface area contributed by atoms with Crippen LogP contribution in [0.5, 0.6) is 17.2 Å². The predicted octanol–water partition coefficient (Wildman–Crippen LogP) is 4.32. The molecule has 0 saturated heterocycles. The zero-order chi connectivity index (χ0) is 24.3. The van der Waals surface area contributed by atoms with E-state index in [4.69, 9.17) is 18.9 Å². The van der Waals surface area contributed by atoms with Gasteiger partial charge >= 0.3 is 11.9 Å². The Morgan fingerprint density at radius 2 is 1.88 bits per heavy atom. The fraction of sp³-hybridized carbons (Fsp3) is 0.250. The molecule has 0 spiro atoms. The van der Waals surface area contributed by atoms with Crippen LogP contribution in [-0.4, -0.2) is 43.5 Å². The van der Waals surface area contributed by atoms with Crippen LogP contribution in [0.2, 0.25) is 0 Å². The van der Waals surface area contributed by atoms with E-state index in [1.165, 1.54) is 11.3 Å². The van der Waals surface area contributed by atoms with Gasteiger partial charge in [0, 0.05) is 5.38 Å². The molecule has 0 aliphatic rings. The van der Waals surface area contributed by atoms with Gasteiger partial charge in [0.25, 0.3) is 0 Å². The van der Waals surface area contributed by atoms with E-state index in [-0.39, 0.29) is 12.4 Å². The van der Waals surface area contributed by atoms with Gasteiger partial charge in [-0.2, -0.15) is 5.10 Å². The van der Waals surface area contributed by atoms with Crippen LogP contribution >= 0.6 is 11.3 Å². The van der Waals surface area contributed by atoms with E-state index in [2.05, 4.69) is 15.5 Å². The first kappa shape index (κ1) is 24.7. The number of methoxy groups -OCH3 is 1. The lowest BCUT2D eigenvalue weighted by atomic mass is 10.2. The van der Waals surface area contributed by atoms with Crippen molar-refractivity contribution in [2.24, 2.45) is 5.10 Å². The Morgan fingerprint density at radius 1 is 1.09 bits per heavy atom. The standard InChI is InChI=1S/C24H25N3O6S/c1-4-31-21-12-16(14-25-27-24-26-18(15-34-24)13-22(28)32-5-2)6-11-20(21)33-23(29)17-7-9-19(30-3)10-8-17/h6-12,14-15H,4-5,13H2,1-3H3,(H,26,27). The zero-order valence-corrected chi connectivity index (χ0v) is 19.9. The number of carbonyl (C=O) groups is 2. The van der Waals surface area contributed by atoms with Crippen molar-refractivity contribution in [2.75, 3.05) is 25.7 Å². The predicted molar refractivity (Wildman–Crippen MR) is 129 cm³/mol. The van der Waals surface area contributed by atoms with Crippen molar-refractivity contribution in [1.29, 1.82) is 0 Å². The van der Waals surface area contributed by atoms with E-state index in [1.807, 2.05) is 6.92 Å². The zero-order valence-electron chi connectivity index (χ0n) is 19.1. The third-order valence-corrected chi connectivity index (χ3v) is 5.15. The molecular weight excluding hydrogens is 458 g/mol. The lowest BCUT2D eigenvalue weighted by molar-refractivity contribution is -0.142. The number of carbonyl (C=O) groups excluding carboxylic acids is 2. The lowest BCUT2D eigenvalue weighted by Crippen LogP contribution is -2.10. The average molecular weight is 484 g/mol. The van der Waals surface area contributed by atoms with Crippen molar-refractivity contribution in [3.8, 4) is 17.2 Å². The summed E-state index contributed by atoms with van der Waals surface area (Å²) in [6, 6.07) is 11.8. The third-order valence-electron chi connectivity index (χ3n) is 4.35. The second kappa shape index (κ2) is 12.4. The highest BCUT2D eigenvalue weighted by Crippen LogP contribution is 2.29. The van der Waals surface area contributed by atoms with Crippen molar-refractivity contribution in [1.82, 2.24) is 4.98 Å². The summed E-state index contributed by atoms with van der Waals surface area (Å²) in [5.41, 5.74) is 4.57. The number of esters is 2. The number of benzene rings is 2. The summed E-state index contributed by atoms with van der Waals surface area (Å²) in [5, 5.41) is 6.50. The molecule has 0 fully saturated rings. The van der Waals surface area contributed by atoms with Gasteiger partial charge < -0.3 is 18.9 Å². The molecule has 0 amide bonds. The Bertz CT molecular complexity index is 1140. The molecule has 178 valence electrons. The highest BCUT2D eigenvalue weighted by Gasteiger charge is 2.13. The Hall–Kier alpha value is -3.92. The maximum absolute atomic E-state index is 12.5. The highest BCUT2D eigenvalue weighted by atomic mass is 32.1. The number of hydrazone groups is 1. The number of hydrogen-bond acceptors (Lipinski definition) is 10. The molecule has 0 saturated carbocycles. The molecule has 34 heavy (non-hydrogen) atoms. The van der Waals surface area contributed by atoms with Crippen molar-refractivity contribution < 1.29 is 28.5 Å². The second-order valence-corrected chi connectivity index (χ2v) is 7.61. The number of hydrogen-bond donors (Lipinski definition) is 1. The van der Waals surface area contributed by atoms with Crippen LogP contribution in [0.1, 0.15) is 35.5 Å². The molecule has 0 aliphatic heterocycles. The smallest absolute Gasteiger partial charge is 0.343 e. The van der Waals surface area contributed by atoms with Crippen LogP contribution < -0.4 is 19.6 Å². The molecule has 3 aromatic rings. The van der Waals surface area contributed by atoms with Gasteiger partial charge in [-0.25, -0.2) is 9.78 Å². The van der Waals surface area contributed by atoms with Crippen molar-refractivity contribution >= 4 is 34.6 Å². The van der Waals surface area contributed by atoms with Crippen LogP contribution in [0.15, 0.2) is 52.9 Å². The molecule has 1 heterocycles. The number of aromatic nitrogens is 1. The quantitative estimate of drug-likeness (QED) is 0.186. The summed E-state index contributed by atoms with van der Waals surface area (Å²) in [5.74, 6) is 0.542. The van der Waals surface area contributed by atoms with Gasteiger partial charge in [-0.05, 0) is 61.9 Å². The first-order valence-electron chi connectivity index (χ1n) is 10.5. The molecule has 0 radical (unpaired) electrons. The normalized spacial score (nSPS) is 10.7. The molecule has 0 bridgehead atoms. The monoisotopic (exact) mass is 483 g/mol. The van der Waals surface area contributed by atoms with Crippen molar-refractivity contribution in [3.05, 3.63) is 64.7 Å². The Kier molecular flexibility index (Phi) is 8.98. The molecule has 0 aliphatic carbocycles. The molecule has 3 rings (SSSR count). The lowest BCUT2D eigenvalue weighted by Gasteiger charge is -2.11. The van der Waals surface area contributed by atoms with E-state index in [9.17, 15) is 9.59 Å². The number of anilines is 1. The number of ether oxygens (including phenoxy) is 4. The molecule has 1 N–H and O–H groups in total. The van der Waals surface area contributed by atoms with E-state index in [0.717, 1.165) is 5.56 Å². The van der Waals surface area contributed by atoms with Gasteiger partial charge in [0.2, 0.25) is 5.13 Å². The largest absolute Gasteiger partial charge is 0.497 e. The van der Waals surface area contributed by atoms with Gasteiger partial charge in [0.15, 0.2) is 11.5 Å². The van der Waals surface area contributed by atoms with Gasteiger partial charge in [0.1, 0.15) is 5.75 Å². The van der Waals surface area contributed by atoms with Crippen LogP contribution in [-0.2, 0) is 16.0 Å². The van der Waals surface area contributed by atoms with Crippen molar-refractivity contribution in [3.63, 3.8) is 0 Å². The molecule has 0 atom stereocenters. The molecule has 0 unspecified atom stereocenters. The number of nitrogens with zero attached hydrogens (tertiary/aromatic N) is 2. The fourth-order valence-electron chi connectivity index (χ4n) is 2.80. The van der Waals surface area contributed by atoms with E-state index >= 15 is 0 Å². The van der Waals surface area contributed by atoms with Crippen molar-refractivity contribution in [2.45, 2.75) is 20.3 Å². The molecule has 2 aromatic carbocycles. The van der Waals surface area contributed by atoms with Gasteiger partial charge in [-0.3, -0.25) is 10.2 Å². The number of nitrogens with one attached hydrogen (secondary N) is 1. The SMILES string of the molecule is CCOC(=O)Cc1csc(NN=Cc2ccc(OC(=O)c3ccc(OC)cc3)c(OCC)c2)n1. The highest BCUT2D eigenvalue weighted by molar-refractivity contribution is 7.13. The average Bonchev–Trinajstić information content (AvgIpc) is 3.28. The van der Waals surface area contributed by atoms with Crippen LogP contribution in [0.4, 0.5) is 5.13 Å². The van der Waals surface area contributed by atoms with Gasteiger partial charge in [-0.15, -0.1) is 11.3 Å². The molecular formula is C24H25N3O6S. The minimum atomic E-state index is -0.505. The Morgan fingerprint density at radius 3 is 2.59 bits per heavy atom. The van der Waals surface area contributed by atoms with Crippen LogP contribution in [0.3, 0.4) is 0 Å². The van der Waals surface area contributed by atoms with Crippen LogP contribution in [0.25, 0.3) is 0 Å². The summed E-state index contributed by atoms with van der Waals surface area (Å²) in [4.78, 5) is 28.4. The summed E-state index contributed by atoms with van der Waals surface area (Å²) < 4.78 is 21.2. The third kappa shape index (κ3) is 7.04. The first-order valence-corrected chi connectivity index (χ1v) is 11.4. The molecule has 9 nitrogen and oxygen atoms in total. The summed E-state index contributed by atoms with van der Waals surface area (Å²) in [6.07, 6.45) is 1.70. The maximum Gasteiger partial charge on any atom is 0.343 e. The number of thiazole rings is 1. The summed E-state index contributed by atoms with van der Waals surface area (Å²) >= 11 is 1.33. The first-order chi connectivity index (χ1) is 16.5. The minimum absolute atomic E-state index is 0.115. The van der Waals surface area contributed by atoms with Gasteiger partial charge in [0.05, 0.1) is 44.2 Å². The molecule has 10 heteroatoms. The maximum atomic E-state index is 12.5. The summed E-state index contributed by atoms with van der Waals surface area (Å²) in [7, 11) is 1.56. The number of rotatable bonds is 11. The minimum Gasteiger partial charge on any atom is -0.497 e. The Labute approximate surface area is 201 Å². The van der Waals surface area contributed by atoms with E-state index in [0.29, 0.717) is 46.9 Å². The van der Waals surface area contributed by atoms with E-state index in [1.54, 1.807) is 68.1 Å². The van der Waals surface area contributed by atoms with E-state index < -0.39 is 5.97 Å². The Balaban J connectivity index is 1.64. The molecule has 1 aromatic heterocycles. The van der Waals surface area contributed by atoms with Crippen LogP contribution in [0, 0.1) is 0 Å². The van der Waals surface area contributed by atoms with Gasteiger partial charge in [-0.1, -0.05) is 0 Å². The second-order valence-electron chi connectivity index (χ2n) is 6.75.